The molecule has 4 atom stereocenters. The number of aliphatic hydroxyl groups excluding tert-OH is 1. The molecule has 1 aliphatic rings. The van der Waals surface area contributed by atoms with Crippen molar-refractivity contribution < 1.29 is 28.9 Å². The maximum absolute atomic E-state index is 11.9. The van der Waals surface area contributed by atoms with E-state index in [1.807, 2.05) is 0 Å². The third-order valence-electron chi connectivity index (χ3n) is 2.98. The molecule has 2 heterocycles. The van der Waals surface area contributed by atoms with Gasteiger partial charge in [-0.3, -0.25) is 4.57 Å². The van der Waals surface area contributed by atoms with Gasteiger partial charge >= 0.3 is 5.69 Å². The zero-order valence-electron chi connectivity index (χ0n) is 13.3. The predicted molar refractivity (Wildman–Crippen MR) is 62.7 cm³/mol. The van der Waals surface area contributed by atoms with E-state index in [1.54, 1.807) is 0 Å². The largest absolute Gasteiger partial charge is 0.481 e. The van der Waals surface area contributed by atoms with Gasteiger partial charge in [0.15, 0.2) is 6.23 Å². The number of hydrogen-bond donors (Lipinski definition) is 3. The Kier molecular flexibility index (Phi) is 2.66. The van der Waals surface area contributed by atoms with Gasteiger partial charge in [0.05, 0.1) is 17.8 Å². The molecule has 0 spiro atoms. The third kappa shape index (κ3) is 2.23. The van der Waals surface area contributed by atoms with Gasteiger partial charge in [-0.15, -0.1) is 0 Å². The molecule has 1 fully saturated rings. The molecular formula is C11H16N2O6. The number of ether oxygens (including phenoxy) is 2. The van der Waals surface area contributed by atoms with Gasteiger partial charge in [0.1, 0.15) is 17.8 Å². The van der Waals surface area contributed by atoms with Crippen molar-refractivity contribution in [3.63, 3.8) is 0 Å². The Labute approximate surface area is 113 Å². The fourth-order valence-corrected chi connectivity index (χ4v) is 1.88. The van der Waals surface area contributed by atoms with E-state index < -0.39 is 36.3 Å². The lowest BCUT2D eigenvalue weighted by molar-refractivity contribution is -0.0988. The second-order valence-corrected chi connectivity index (χ2v) is 4.29. The highest BCUT2D eigenvalue weighted by molar-refractivity contribution is 5.08. The summed E-state index contributed by atoms with van der Waals surface area (Å²) in [6.45, 7) is -1.82. The molecule has 1 saturated heterocycles. The number of nitrogens with zero attached hydrogens (tertiary/aromatic N) is 2. The second-order valence-electron chi connectivity index (χ2n) is 4.29. The Bertz CT molecular complexity index is 629. The monoisotopic (exact) mass is 275 g/mol. The average Bonchev–Trinajstić information content (AvgIpc) is 2.63. The van der Waals surface area contributed by atoms with Gasteiger partial charge < -0.3 is 24.8 Å². The maximum Gasteiger partial charge on any atom is 0.353 e. The van der Waals surface area contributed by atoms with Gasteiger partial charge in [-0.25, -0.2) is 4.79 Å². The summed E-state index contributed by atoms with van der Waals surface area (Å²) in [7, 11) is 1.23. The number of aliphatic hydroxyl groups is 3. The first kappa shape index (κ1) is 10.3. The molecule has 8 nitrogen and oxygen atoms in total. The van der Waals surface area contributed by atoms with Crippen LogP contribution in [0.2, 0.25) is 0 Å². The smallest absolute Gasteiger partial charge is 0.353 e. The standard InChI is InChI=1S/C11H16N2O6/c1-11(17)8(15)6(5-14)19-9(11)13-4-3-7(18-2)12-10(13)16/h3-4,6,8-9,14-15,17H,5H2,1-2H3/t6-,8-,9-,11-/m1/s1/i3D,5D2. The van der Waals surface area contributed by atoms with Gasteiger partial charge in [0.2, 0.25) is 5.88 Å². The molecule has 3 N–H and O–H groups in total. The molecule has 0 amide bonds. The van der Waals surface area contributed by atoms with Crippen LogP contribution >= 0.6 is 0 Å². The molecule has 1 aliphatic heterocycles. The van der Waals surface area contributed by atoms with E-state index in [1.165, 1.54) is 7.11 Å². The number of rotatable bonds is 3. The van der Waals surface area contributed by atoms with E-state index in [2.05, 4.69) is 4.98 Å². The minimum Gasteiger partial charge on any atom is -0.481 e. The van der Waals surface area contributed by atoms with Gasteiger partial charge in [-0.2, -0.15) is 4.98 Å². The summed E-state index contributed by atoms with van der Waals surface area (Å²) in [5, 5.41) is 29.6. The van der Waals surface area contributed by atoms with Crippen molar-refractivity contribution in [3.8, 4) is 5.88 Å². The van der Waals surface area contributed by atoms with Crippen molar-refractivity contribution >= 4 is 0 Å². The summed E-state index contributed by atoms with van der Waals surface area (Å²) in [5.41, 5.74) is -3.02. The molecule has 8 heteroatoms. The molecule has 106 valence electrons. The van der Waals surface area contributed by atoms with Gasteiger partial charge in [0.25, 0.3) is 0 Å². The minimum atomic E-state index is -2.94. The summed E-state index contributed by atoms with van der Waals surface area (Å²) >= 11 is 0. The van der Waals surface area contributed by atoms with E-state index in [0.717, 1.165) is 17.7 Å². The summed E-state index contributed by atoms with van der Waals surface area (Å²) in [4.78, 5) is 15.4. The molecule has 1 aromatic rings. The molecule has 1 aromatic heterocycles. The predicted octanol–water partition coefficient (Wildman–Crippen LogP) is -1.75. The zero-order valence-corrected chi connectivity index (χ0v) is 10.3. The van der Waals surface area contributed by atoms with E-state index in [0.29, 0.717) is 0 Å². The van der Waals surface area contributed by atoms with Crippen LogP contribution in [0.4, 0.5) is 0 Å². The van der Waals surface area contributed by atoms with E-state index in [9.17, 15) is 20.1 Å². The molecule has 0 aliphatic carbocycles. The van der Waals surface area contributed by atoms with Crippen molar-refractivity contribution in [2.45, 2.75) is 31.0 Å². The highest BCUT2D eigenvalue weighted by Gasteiger charge is 2.53. The normalized spacial score (nSPS) is 37.5. The highest BCUT2D eigenvalue weighted by Crippen LogP contribution is 2.37. The van der Waals surface area contributed by atoms with Crippen molar-refractivity contribution in [1.29, 1.82) is 0 Å². The first-order chi connectivity index (χ1) is 10.00. The van der Waals surface area contributed by atoms with Gasteiger partial charge in [-0.05, 0) is 6.92 Å². The second kappa shape index (κ2) is 4.89. The van der Waals surface area contributed by atoms with Crippen LogP contribution in [0.25, 0.3) is 0 Å². The van der Waals surface area contributed by atoms with Gasteiger partial charge in [-0.1, -0.05) is 0 Å². The maximum atomic E-state index is 11.9. The summed E-state index contributed by atoms with van der Waals surface area (Å²) in [6.07, 6.45) is -4.14. The van der Waals surface area contributed by atoms with Crippen LogP contribution in [0, 0.1) is 0 Å². The number of aromatic nitrogens is 2. The lowest BCUT2D eigenvalue weighted by Crippen LogP contribution is -2.46. The van der Waals surface area contributed by atoms with Crippen LogP contribution in [0.1, 0.15) is 17.3 Å². The fourth-order valence-electron chi connectivity index (χ4n) is 1.88. The summed E-state index contributed by atoms with van der Waals surface area (Å²) < 4.78 is 32.7. The quantitative estimate of drug-likeness (QED) is 0.599. The lowest BCUT2D eigenvalue weighted by atomic mass is 9.96. The zero-order chi connectivity index (χ0) is 16.9. The van der Waals surface area contributed by atoms with E-state index in [-0.39, 0.29) is 11.9 Å². The summed E-state index contributed by atoms with van der Waals surface area (Å²) in [6, 6.07) is -0.272. The SMILES string of the molecule is [2H]c1cn([C@@H]2O[C@H](C([2H])([2H])O)[C@@H](O)[C@@]2(C)O)c(=O)nc1OC. The number of hydrogen-bond acceptors (Lipinski definition) is 7. The Balaban J connectivity index is 2.49. The molecule has 0 unspecified atom stereocenters. The minimum absolute atomic E-state index is 0.228. The first-order valence-corrected chi connectivity index (χ1v) is 5.42. The Morgan fingerprint density at radius 3 is 3.00 bits per heavy atom. The van der Waals surface area contributed by atoms with Crippen molar-refractivity contribution in [2.24, 2.45) is 0 Å². The lowest BCUT2D eigenvalue weighted by Gasteiger charge is -2.27. The Morgan fingerprint density at radius 1 is 1.79 bits per heavy atom. The van der Waals surface area contributed by atoms with Crippen LogP contribution in [-0.2, 0) is 4.74 Å². The van der Waals surface area contributed by atoms with E-state index >= 15 is 0 Å². The van der Waals surface area contributed by atoms with Crippen LogP contribution in [0.3, 0.4) is 0 Å². The fraction of sp³-hybridized carbons (Fsp3) is 0.636. The summed E-state index contributed by atoms with van der Waals surface area (Å²) in [5.74, 6) is -0.228. The highest BCUT2D eigenvalue weighted by atomic mass is 16.6. The Hall–Kier alpha value is -1.48. The van der Waals surface area contributed by atoms with E-state index in [4.69, 9.17) is 13.6 Å². The molecule has 19 heavy (non-hydrogen) atoms. The van der Waals surface area contributed by atoms with Crippen molar-refractivity contribution in [2.75, 3.05) is 13.7 Å². The Morgan fingerprint density at radius 2 is 2.47 bits per heavy atom. The van der Waals surface area contributed by atoms with Crippen LogP contribution in [0.15, 0.2) is 17.0 Å². The number of methoxy groups -OCH3 is 1. The third-order valence-corrected chi connectivity index (χ3v) is 2.98. The van der Waals surface area contributed by atoms with Gasteiger partial charge in [0, 0.05) is 12.2 Å². The molecule has 0 radical (unpaired) electrons. The molecule has 0 aromatic carbocycles. The van der Waals surface area contributed by atoms with Crippen LogP contribution < -0.4 is 10.4 Å². The van der Waals surface area contributed by atoms with Crippen LogP contribution in [0.5, 0.6) is 5.88 Å². The first-order valence-electron chi connectivity index (χ1n) is 6.92. The molecule has 0 saturated carbocycles. The average molecular weight is 275 g/mol. The topological polar surface area (TPSA) is 114 Å². The van der Waals surface area contributed by atoms with Crippen LogP contribution in [-0.4, -0.2) is 56.3 Å². The molecule has 2 rings (SSSR count). The molecule has 0 bridgehead atoms. The molecular weight excluding hydrogens is 256 g/mol. The van der Waals surface area contributed by atoms with Crippen molar-refractivity contribution in [1.82, 2.24) is 9.55 Å². The van der Waals surface area contributed by atoms with Crippen molar-refractivity contribution in [3.05, 3.63) is 22.7 Å².